The van der Waals surface area contributed by atoms with E-state index in [1.54, 1.807) is 19.1 Å². The number of hydrogen-bond donors (Lipinski definition) is 1. The van der Waals surface area contributed by atoms with Crippen LogP contribution in [0.2, 0.25) is 0 Å². The van der Waals surface area contributed by atoms with Gasteiger partial charge in [-0.25, -0.2) is 0 Å². The van der Waals surface area contributed by atoms with E-state index in [9.17, 15) is 14.4 Å². The summed E-state index contributed by atoms with van der Waals surface area (Å²) in [6.07, 6.45) is 4.90. The molecular formula is C36H44N4O5. The Morgan fingerprint density at radius 1 is 0.867 bits per heavy atom. The van der Waals surface area contributed by atoms with Gasteiger partial charge in [0, 0.05) is 30.9 Å². The molecule has 0 aliphatic carbocycles. The number of hydrogen-bond acceptors (Lipinski definition) is 6. The highest BCUT2D eigenvalue weighted by Gasteiger charge is 2.54. The number of nitrogens with zero attached hydrogens (tertiary/aromatic N) is 3. The highest BCUT2D eigenvalue weighted by Crippen LogP contribution is 2.39. The minimum Gasteiger partial charge on any atom is -0.493 e. The van der Waals surface area contributed by atoms with Crippen LogP contribution in [0, 0.1) is 0 Å². The van der Waals surface area contributed by atoms with Gasteiger partial charge in [-0.05, 0) is 79.6 Å². The quantitative estimate of drug-likeness (QED) is 0.319. The van der Waals surface area contributed by atoms with Crippen LogP contribution in [-0.2, 0) is 22.4 Å². The van der Waals surface area contributed by atoms with Crippen LogP contribution in [0.25, 0.3) is 0 Å². The van der Waals surface area contributed by atoms with Crippen molar-refractivity contribution in [2.75, 3.05) is 52.0 Å². The Balaban J connectivity index is 1.22. The van der Waals surface area contributed by atoms with Crippen molar-refractivity contribution in [2.45, 2.75) is 51.0 Å². The molecule has 238 valence electrons. The zero-order valence-electron chi connectivity index (χ0n) is 26.6. The van der Waals surface area contributed by atoms with Gasteiger partial charge in [-0.15, -0.1) is 0 Å². The number of anilines is 1. The van der Waals surface area contributed by atoms with Crippen LogP contribution in [0.1, 0.15) is 54.1 Å². The molecule has 0 bridgehead atoms. The number of ether oxygens (including phenoxy) is 2. The van der Waals surface area contributed by atoms with Crippen molar-refractivity contribution in [3.8, 4) is 11.5 Å². The van der Waals surface area contributed by atoms with Crippen molar-refractivity contribution in [1.82, 2.24) is 15.1 Å². The Labute approximate surface area is 266 Å². The normalized spacial score (nSPS) is 15.8. The summed E-state index contributed by atoms with van der Waals surface area (Å²) in [5, 5.41) is 2.97. The Kier molecular flexibility index (Phi) is 10.3. The minimum absolute atomic E-state index is 0.00527. The number of rotatable bonds is 12. The molecule has 3 aromatic rings. The molecule has 1 spiro atoms. The zero-order valence-corrected chi connectivity index (χ0v) is 26.6. The maximum Gasteiger partial charge on any atom is 0.253 e. The lowest BCUT2D eigenvalue weighted by Gasteiger charge is -2.43. The average molecular weight is 613 g/mol. The average Bonchev–Trinajstić information content (AvgIpc) is 3.33. The van der Waals surface area contributed by atoms with Gasteiger partial charge >= 0.3 is 0 Å². The number of carbonyl (C=O) groups is 3. The number of carbonyl (C=O) groups excluding carboxylic acids is 3. The number of amides is 3. The van der Waals surface area contributed by atoms with E-state index >= 15 is 0 Å². The second kappa shape index (κ2) is 14.5. The predicted octanol–water partition coefficient (Wildman–Crippen LogP) is 4.69. The monoisotopic (exact) mass is 612 g/mol. The molecule has 9 heteroatoms. The maximum absolute atomic E-state index is 14.1. The molecule has 2 fully saturated rings. The highest BCUT2D eigenvalue weighted by molar-refractivity contribution is 5.97. The summed E-state index contributed by atoms with van der Waals surface area (Å²) in [5.41, 5.74) is 3.06. The van der Waals surface area contributed by atoms with E-state index < -0.39 is 5.54 Å². The molecule has 9 nitrogen and oxygen atoms in total. The van der Waals surface area contributed by atoms with Crippen molar-refractivity contribution in [2.24, 2.45) is 0 Å². The molecule has 2 aliphatic heterocycles. The molecule has 0 atom stereocenters. The molecule has 0 saturated carbocycles. The fourth-order valence-corrected chi connectivity index (χ4v) is 6.39. The summed E-state index contributed by atoms with van der Waals surface area (Å²) in [4.78, 5) is 46.1. The lowest BCUT2D eigenvalue weighted by Crippen LogP contribution is -2.57. The third kappa shape index (κ3) is 7.08. The van der Waals surface area contributed by atoms with E-state index in [0.29, 0.717) is 62.6 Å². The van der Waals surface area contributed by atoms with Crippen LogP contribution < -0.4 is 19.7 Å². The van der Waals surface area contributed by atoms with Crippen molar-refractivity contribution in [3.05, 3.63) is 89.5 Å². The fraction of sp³-hybridized carbons (Fsp3) is 0.417. The number of para-hydroxylation sites is 1. The number of aryl methyl sites for hydroxylation is 1. The molecule has 3 aromatic carbocycles. The van der Waals surface area contributed by atoms with Gasteiger partial charge in [0.2, 0.25) is 5.91 Å². The largest absolute Gasteiger partial charge is 0.493 e. The van der Waals surface area contributed by atoms with Crippen LogP contribution in [0.4, 0.5) is 5.69 Å². The molecule has 45 heavy (non-hydrogen) atoms. The highest BCUT2D eigenvalue weighted by atomic mass is 16.5. The first-order valence-corrected chi connectivity index (χ1v) is 15.9. The first-order chi connectivity index (χ1) is 21.9. The standard InChI is InChI=1S/C36H44N4O5/c1-4-5-9-27-12-15-29(16-13-27)34(42)38-22-19-36(20-23-38)35(43)39(26-40(36)30-10-7-6-8-11-30)25-33(41)37-21-18-28-14-17-31(44-2)32(24-28)45-3/h6-8,10-17,24H,4-5,9,18-23,25-26H2,1-3H3,(H,37,41). The molecule has 1 N–H and O–H groups in total. The van der Waals surface area contributed by atoms with Gasteiger partial charge in [-0.3, -0.25) is 14.4 Å². The van der Waals surface area contributed by atoms with Crippen LogP contribution in [0.3, 0.4) is 0 Å². The fourth-order valence-electron chi connectivity index (χ4n) is 6.39. The van der Waals surface area contributed by atoms with Crippen LogP contribution in [0.5, 0.6) is 11.5 Å². The number of unbranched alkanes of at least 4 members (excludes halogenated alkanes) is 1. The smallest absolute Gasteiger partial charge is 0.253 e. The summed E-state index contributed by atoms with van der Waals surface area (Å²) >= 11 is 0. The van der Waals surface area contributed by atoms with E-state index in [1.165, 1.54) is 5.56 Å². The summed E-state index contributed by atoms with van der Waals surface area (Å²) in [6.45, 7) is 3.84. The van der Waals surface area contributed by atoms with E-state index in [2.05, 4.69) is 17.1 Å². The summed E-state index contributed by atoms with van der Waals surface area (Å²) in [5.74, 6) is 1.02. The molecule has 5 rings (SSSR count). The molecule has 2 aliphatic rings. The minimum atomic E-state index is -0.804. The Morgan fingerprint density at radius 2 is 1.56 bits per heavy atom. The van der Waals surface area contributed by atoms with Gasteiger partial charge in [0.15, 0.2) is 11.5 Å². The van der Waals surface area contributed by atoms with Gasteiger partial charge in [0.05, 0.1) is 20.9 Å². The number of nitrogens with one attached hydrogen (secondary N) is 1. The molecule has 2 saturated heterocycles. The van der Waals surface area contributed by atoms with Crippen molar-refractivity contribution < 1.29 is 23.9 Å². The molecule has 3 amide bonds. The van der Waals surface area contributed by atoms with Gasteiger partial charge in [0.25, 0.3) is 11.8 Å². The third-order valence-electron chi connectivity index (χ3n) is 9.00. The summed E-state index contributed by atoms with van der Waals surface area (Å²) < 4.78 is 10.7. The van der Waals surface area contributed by atoms with E-state index in [4.69, 9.17) is 9.47 Å². The Morgan fingerprint density at radius 3 is 2.22 bits per heavy atom. The molecule has 0 radical (unpaired) electrons. The van der Waals surface area contributed by atoms with E-state index in [1.807, 2.05) is 77.7 Å². The maximum atomic E-state index is 14.1. The van der Waals surface area contributed by atoms with Crippen molar-refractivity contribution in [3.63, 3.8) is 0 Å². The third-order valence-corrected chi connectivity index (χ3v) is 9.00. The van der Waals surface area contributed by atoms with Crippen LogP contribution >= 0.6 is 0 Å². The Bertz CT molecular complexity index is 1470. The summed E-state index contributed by atoms with van der Waals surface area (Å²) in [7, 11) is 3.19. The number of methoxy groups -OCH3 is 2. The second-order valence-corrected chi connectivity index (χ2v) is 11.8. The predicted molar refractivity (Wildman–Crippen MR) is 175 cm³/mol. The first kappa shape index (κ1) is 31.9. The van der Waals surface area contributed by atoms with Gasteiger partial charge in [-0.1, -0.05) is 49.7 Å². The molecule has 0 aromatic heterocycles. The topological polar surface area (TPSA) is 91.4 Å². The van der Waals surface area contributed by atoms with E-state index in [-0.39, 0.29) is 24.3 Å². The lowest BCUT2D eigenvalue weighted by molar-refractivity contribution is -0.137. The Hall–Kier alpha value is -4.53. The van der Waals surface area contributed by atoms with Gasteiger partial charge < -0.3 is 29.5 Å². The van der Waals surface area contributed by atoms with Crippen LogP contribution in [-0.4, -0.2) is 80.1 Å². The molecule has 2 heterocycles. The number of piperidine rings is 1. The van der Waals surface area contributed by atoms with Gasteiger partial charge in [0.1, 0.15) is 12.1 Å². The first-order valence-electron chi connectivity index (χ1n) is 15.9. The van der Waals surface area contributed by atoms with Crippen molar-refractivity contribution in [1.29, 1.82) is 0 Å². The SMILES string of the molecule is CCCCc1ccc(C(=O)N2CCC3(CC2)C(=O)N(CC(=O)NCCc2ccc(OC)c(OC)c2)CN3c2ccccc2)cc1. The van der Waals surface area contributed by atoms with E-state index in [0.717, 1.165) is 30.5 Å². The molecule has 0 unspecified atom stereocenters. The summed E-state index contributed by atoms with van der Waals surface area (Å²) in [6, 6.07) is 23.5. The van der Waals surface area contributed by atoms with Crippen LogP contribution in [0.15, 0.2) is 72.8 Å². The number of benzene rings is 3. The van der Waals surface area contributed by atoms with Crippen molar-refractivity contribution >= 4 is 23.4 Å². The molecular weight excluding hydrogens is 568 g/mol. The lowest BCUT2D eigenvalue weighted by atomic mass is 9.85. The number of likely N-dealkylation sites (tertiary alicyclic amines) is 1. The van der Waals surface area contributed by atoms with Gasteiger partial charge in [-0.2, -0.15) is 0 Å². The zero-order chi connectivity index (χ0) is 31.8. The second-order valence-electron chi connectivity index (χ2n) is 11.8.